The highest BCUT2D eigenvalue weighted by atomic mass is 19.4. The molecule has 1 rings (SSSR count). The Morgan fingerprint density at radius 3 is 2.50 bits per heavy atom. The number of hydrogen-bond acceptors (Lipinski definition) is 4. The van der Waals surface area contributed by atoms with Crippen LogP contribution in [0.5, 0.6) is 0 Å². The quantitative estimate of drug-likeness (QED) is 0.682. The molecule has 1 fully saturated rings. The first-order valence-electron chi connectivity index (χ1n) is 4.67. The van der Waals surface area contributed by atoms with Gasteiger partial charge in [-0.25, -0.2) is 4.79 Å². The Balaban J connectivity index is 2.75. The Labute approximate surface area is 89.7 Å². The Kier molecular flexibility index (Phi) is 3.44. The summed E-state index contributed by atoms with van der Waals surface area (Å²) < 4.78 is 46.0. The maximum absolute atomic E-state index is 12.4. The second kappa shape index (κ2) is 4.31. The molecule has 2 unspecified atom stereocenters. The maximum atomic E-state index is 12.4. The molecule has 0 spiro atoms. The Hall–Kier alpha value is -1.27. The molecule has 92 valence electrons. The number of halogens is 3. The lowest BCUT2D eigenvalue weighted by atomic mass is 10.1. The van der Waals surface area contributed by atoms with Crippen molar-refractivity contribution in [3.63, 3.8) is 0 Å². The van der Waals surface area contributed by atoms with Gasteiger partial charge in [0.25, 0.3) is 0 Å². The topological polar surface area (TPSA) is 52.6 Å². The second-order valence-electron chi connectivity index (χ2n) is 3.79. The molecular formula is C9H11F3O4. The van der Waals surface area contributed by atoms with E-state index in [1.165, 1.54) is 13.8 Å². The van der Waals surface area contributed by atoms with Gasteiger partial charge in [0.05, 0.1) is 5.92 Å². The van der Waals surface area contributed by atoms with E-state index in [-0.39, 0.29) is 0 Å². The zero-order valence-corrected chi connectivity index (χ0v) is 8.71. The number of rotatable bonds is 2. The van der Waals surface area contributed by atoms with E-state index in [4.69, 9.17) is 0 Å². The van der Waals surface area contributed by atoms with Gasteiger partial charge in [-0.05, 0) is 0 Å². The summed E-state index contributed by atoms with van der Waals surface area (Å²) in [6, 6.07) is 0. The van der Waals surface area contributed by atoms with Crippen LogP contribution in [0.3, 0.4) is 0 Å². The van der Waals surface area contributed by atoms with Gasteiger partial charge >= 0.3 is 18.1 Å². The van der Waals surface area contributed by atoms with Crippen LogP contribution in [0.2, 0.25) is 0 Å². The highest BCUT2D eigenvalue weighted by molar-refractivity contribution is 5.81. The third kappa shape index (κ3) is 2.65. The third-order valence-corrected chi connectivity index (χ3v) is 2.14. The monoisotopic (exact) mass is 240 g/mol. The molecule has 0 N–H and O–H groups in total. The fourth-order valence-electron chi connectivity index (χ4n) is 1.16. The molecule has 0 aromatic carbocycles. The fourth-order valence-corrected chi connectivity index (χ4v) is 1.16. The van der Waals surface area contributed by atoms with Crippen molar-refractivity contribution < 1.29 is 32.2 Å². The molecule has 0 aromatic rings. The number of cyclic esters (lactones) is 1. The number of carbonyl (C=O) groups is 2. The van der Waals surface area contributed by atoms with Gasteiger partial charge in [-0.3, -0.25) is 4.79 Å². The molecule has 7 heteroatoms. The zero-order valence-electron chi connectivity index (χ0n) is 8.71. The highest BCUT2D eigenvalue weighted by Gasteiger charge is 2.55. The van der Waals surface area contributed by atoms with Crippen LogP contribution >= 0.6 is 0 Å². The molecule has 1 heterocycles. The summed E-state index contributed by atoms with van der Waals surface area (Å²) in [6.45, 7) is 2.13. The fraction of sp³-hybridized carbons (Fsp3) is 0.778. The molecule has 0 amide bonds. The van der Waals surface area contributed by atoms with Crippen LogP contribution in [0.25, 0.3) is 0 Å². The third-order valence-electron chi connectivity index (χ3n) is 2.14. The molecule has 0 aliphatic carbocycles. The summed E-state index contributed by atoms with van der Waals surface area (Å²) in [5.41, 5.74) is 0. The van der Waals surface area contributed by atoms with Crippen LogP contribution in [0.1, 0.15) is 13.8 Å². The molecule has 16 heavy (non-hydrogen) atoms. The molecule has 0 aromatic heterocycles. The molecule has 1 aliphatic heterocycles. The van der Waals surface area contributed by atoms with Crippen LogP contribution in [0.4, 0.5) is 13.2 Å². The summed E-state index contributed by atoms with van der Waals surface area (Å²) >= 11 is 0. The van der Waals surface area contributed by atoms with Gasteiger partial charge in [-0.15, -0.1) is 0 Å². The molecule has 2 atom stereocenters. The van der Waals surface area contributed by atoms with Gasteiger partial charge in [0.2, 0.25) is 6.10 Å². The summed E-state index contributed by atoms with van der Waals surface area (Å²) in [4.78, 5) is 22.1. The molecule has 1 aliphatic rings. The van der Waals surface area contributed by atoms with E-state index in [9.17, 15) is 22.8 Å². The predicted octanol–water partition coefficient (Wildman–Crippen LogP) is 1.29. The Morgan fingerprint density at radius 2 is 2.06 bits per heavy atom. The lowest BCUT2D eigenvalue weighted by Gasteiger charge is -2.19. The molecule has 4 nitrogen and oxygen atoms in total. The van der Waals surface area contributed by atoms with Crippen LogP contribution < -0.4 is 0 Å². The normalized spacial score (nSPS) is 25.8. The number of alkyl halides is 3. The van der Waals surface area contributed by atoms with Crippen molar-refractivity contribution in [3.05, 3.63) is 0 Å². The van der Waals surface area contributed by atoms with Gasteiger partial charge in [-0.1, -0.05) is 13.8 Å². The summed E-state index contributed by atoms with van der Waals surface area (Å²) in [5.74, 6) is -4.65. The van der Waals surface area contributed by atoms with Crippen LogP contribution in [-0.4, -0.2) is 30.8 Å². The average Bonchev–Trinajstić information content (AvgIpc) is 2.47. The number of esters is 2. The van der Waals surface area contributed by atoms with Crippen LogP contribution in [0, 0.1) is 11.8 Å². The van der Waals surface area contributed by atoms with Gasteiger partial charge in [0, 0.05) is 0 Å². The minimum Gasteiger partial charge on any atom is -0.462 e. The van der Waals surface area contributed by atoms with E-state index >= 15 is 0 Å². The first kappa shape index (κ1) is 12.8. The minimum atomic E-state index is -4.62. The molecule has 0 saturated carbocycles. The first-order chi connectivity index (χ1) is 7.23. The molecule has 0 bridgehead atoms. The van der Waals surface area contributed by atoms with Crippen molar-refractivity contribution >= 4 is 11.9 Å². The molecule has 1 saturated heterocycles. The Morgan fingerprint density at radius 1 is 1.50 bits per heavy atom. The van der Waals surface area contributed by atoms with Crippen molar-refractivity contribution in [2.75, 3.05) is 6.61 Å². The average molecular weight is 240 g/mol. The van der Waals surface area contributed by atoms with E-state index in [0.29, 0.717) is 0 Å². The Bertz CT molecular complexity index is 298. The van der Waals surface area contributed by atoms with Crippen molar-refractivity contribution in [3.8, 4) is 0 Å². The van der Waals surface area contributed by atoms with E-state index < -0.39 is 42.7 Å². The molecule has 0 radical (unpaired) electrons. The highest BCUT2D eigenvalue weighted by Crippen LogP contribution is 2.35. The minimum absolute atomic E-state index is 0.595. The van der Waals surface area contributed by atoms with E-state index in [0.717, 1.165) is 0 Å². The standard InChI is InChI=1S/C9H11F3O4/c1-4(2)7(13)16-6-5(9(10,11)12)3-15-8(6)14/h4-6H,3H2,1-2H3. The molecular weight excluding hydrogens is 229 g/mol. The van der Waals surface area contributed by atoms with Gasteiger partial charge in [-0.2, -0.15) is 13.2 Å². The predicted molar refractivity (Wildman–Crippen MR) is 45.2 cm³/mol. The van der Waals surface area contributed by atoms with E-state index in [1.54, 1.807) is 0 Å². The van der Waals surface area contributed by atoms with Crippen LogP contribution in [-0.2, 0) is 19.1 Å². The van der Waals surface area contributed by atoms with Gasteiger partial charge < -0.3 is 9.47 Å². The largest absolute Gasteiger partial charge is 0.462 e. The summed E-state index contributed by atoms with van der Waals surface area (Å²) in [6.07, 6.45) is -6.48. The van der Waals surface area contributed by atoms with Crippen molar-refractivity contribution in [1.82, 2.24) is 0 Å². The maximum Gasteiger partial charge on any atom is 0.399 e. The second-order valence-corrected chi connectivity index (χ2v) is 3.79. The van der Waals surface area contributed by atoms with Gasteiger partial charge in [0.1, 0.15) is 12.5 Å². The van der Waals surface area contributed by atoms with E-state index in [1.807, 2.05) is 0 Å². The van der Waals surface area contributed by atoms with Crippen LogP contribution in [0.15, 0.2) is 0 Å². The number of carbonyl (C=O) groups excluding carboxylic acids is 2. The van der Waals surface area contributed by atoms with Crippen molar-refractivity contribution in [1.29, 1.82) is 0 Å². The number of ether oxygens (including phenoxy) is 2. The lowest BCUT2D eigenvalue weighted by Crippen LogP contribution is -2.38. The SMILES string of the molecule is CC(C)C(=O)OC1C(=O)OCC1C(F)(F)F. The summed E-state index contributed by atoms with van der Waals surface area (Å²) in [5, 5.41) is 0. The summed E-state index contributed by atoms with van der Waals surface area (Å²) in [7, 11) is 0. The van der Waals surface area contributed by atoms with E-state index in [2.05, 4.69) is 9.47 Å². The smallest absolute Gasteiger partial charge is 0.399 e. The first-order valence-corrected chi connectivity index (χ1v) is 4.67. The zero-order chi connectivity index (χ0) is 12.5. The lowest BCUT2D eigenvalue weighted by molar-refractivity contribution is -0.200. The van der Waals surface area contributed by atoms with Gasteiger partial charge in [0.15, 0.2) is 0 Å². The number of hydrogen-bond donors (Lipinski definition) is 0. The van der Waals surface area contributed by atoms with Crippen molar-refractivity contribution in [2.45, 2.75) is 26.1 Å². The van der Waals surface area contributed by atoms with Crippen molar-refractivity contribution in [2.24, 2.45) is 11.8 Å².